The fraction of sp³-hybridized carbons (Fsp3) is 0.333. The van der Waals surface area contributed by atoms with E-state index in [0.717, 1.165) is 0 Å². The Kier molecular flexibility index (Phi) is 3.65. The first-order chi connectivity index (χ1) is 6.99. The van der Waals surface area contributed by atoms with Crippen molar-refractivity contribution < 1.29 is 17.6 Å². The molecule has 0 amide bonds. The summed E-state index contributed by atoms with van der Waals surface area (Å²) in [6.45, 7) is 0.0676. The number of nitrogens with two attached hydrogens (primary N) is 2. The summed E-state index contributed by atoms with van der Waals surface area (Å²) < 4.78 is 51.7. The molecule has 1 aromatic rings. The topological polar surface area (TPSA) is 52.0 Å². The number of hydrogen-bond donors (Lipinski definition) is 2. The second-order valence-electron chi connectivity index (χ2n) is 3.07. The molecule has 0 saturated carbocycles. The Bertz CT molecular complexity index is 341. The highest BCUT2D eigenvalue weighted by Gasteiger charge is 2.23. The van der Waals surface area contributed by atoms with E-state index in [1.54, 1.807) is 0 Å². The van der Waals surface area contributed by atoms with Crippen molar-refractivity contribution >= 4 is 0 Å². The zero-order chi connectivity index (χ0) is 11.6. The zero-order valence-corrected chi connectivity index (χ0v) is 7.74. The molecule has 15 heavy (non-hydrogen) atoms. The number of hydrogen-bond acceptors (Lipinski definition) is 2. The van der Waals surface area contributed by atoms with E-state index in [2.05, 4.69) is 0 Å². The van der Waals surface area contributed by atoms with Gasteiger partial charge in [-0.05, 0) is 13.0 Å². The minimum atomic E-state index is -1.46. The van der Waals surface area contributed by atoms with Crippen molar-refractivity contribution in [1.29, 1.82) is 0 Å². The molecule has 0 aliphatic carbocycles. The molecule has 0 radical (unpaired) electrons. The first kappa shape index (κ1) is 11.9. The Morgan fingerprint density at radius 2 is 1.53 bits per heavy atom. The van der Waals surface area contributed by atoms with Crippen LogP contribution in [0.1, 0.15) is 18.0 Å². The highest BCUT2D eigenvalue weighted by Crippen LogP contribution is 2.25. The molecule has 0 bridgehead atoms. The summed E-state index contributed by atoms with van der Waals surface area (Å²) >= 11 is 0. The molecule has 0 fully saturated rings. The van der Waals surface area contributed by atoms with Gasteiger partial charge in [0.25, 0.3) is 0 Å². The monoisotopic (exact) mass is 222 g/mol. The van der Waals surface area contributed by atoms with E-state index in [0.29, 0.717) is 0 Å². The van der Waals surface area contributed by atoms with Crippen LogP contribution in [0.3, 0.4) is 0 Å². The van der Waals surface area contributed by atoms with Gasteiger partial charge in [0.05, 0.1) is 0 Å². The van der Waals surface area contributed by atoms with E-state index in [9.17, 15) is 17.6 Å². The van der Waals surface area contributed by atoms with E-state index in [1.165, 1.54) is 0 Å². The van der Waals surface area contributed by atoms with Crippen LogP contribution in [0.4, 0.5) is 17.6 Å². The molecule has 4 N–H and O–H groups in total. The van der Waals surface area contributed by atoms with Crippen LogP contribution in [0.15, 0.2) is 6.07 Å². The third kappa shape index (κ3) is 2.27. The van der Waals surface area contributed by atoms with Gasteiger partial charge in [-0.3, -0.25) is 0 Å². The van der Waals surface area contributed by atoms with Crippen LogP contribution in [0.2, 0.25) is 0 Å². The quantitative estimate of drug-likeness (QED) is 0.602. The summed E-state index contributed by atoms with van der Waals surface area (Å²) in [6.07, 6.45) is 0.0384. The molecule has 0 heterocycles. The van der Waals surface area contributed by atoms with E-state index in [1.807, 2.05) is 0 Å². The lowest BCUT2D eigenvalue weighted by atomic mass is 10.0. The fourth-order valence-electron chi connectivity index (χ4n) is 1.24. The van der Waals surface area contributed by atoms with Gasteiger partial charge in [-0.1, -0.05) is 0 Å². The summed E-state index contributed by atoms with van der Waals surface area (Å²) in [5, 5.41) is 0. The molecule has 0 saturated heterocycles. The van der Waals surface area contributed by atoms with Crippen molar-refractivity contribution in [2.45, 2.75) is 12.5 Å². The minimum absolute atomic E-state index is 0.0384. The van der Waals surface area contributed by atoms with Crippen molar-refractivity contribution in [2.24, 2.45) is 11.5 Å². The lowest BCUT2D eigenvalue weighted by molar-refractivity contribution is 0.423. The van der Waals surface area contributed by atoms with E-state index >= 15 is 0 Å². The third-order valence-corrected chi connectivity index (χ3v) is 1.99. The molecule has 0 aliphatic heterocycles. The van der Waals surface area contributed by atoms with Crippen molar-refractivity contribution in [3.63, 3.8) is 0 Å². The largest absolute Gasteiger partial charge is 0.330 e. The van der Waals surface area contributed by atoms with Crippen molar-refractivity contribution in [1.82, 2.24) is 0 Å². The molecule has 0 spiro atoms. The number of benzene rings is 1. The lowest BCUT2D eigenvalue weighted by Gasteiger charge is -2.13. The van der Waals surface area contributed by atoms with Gasteiger partial charge in [0.15, 0.2) is 23.3 Å². The minimum Gasteiger partial charge on any atom is -0.330 e. The summed E-state index contributed by atoms with van der Waals surface area (Å²) in [5.41, 5.74) is 9.69. The van der Waals surface area contributed by atoms with Crippen LogP contribution in [-0.2, 0) is 0 Å². The van der Waals surface area contributed by atoms with Gasteiger partial charge in [0.1, 0.15) is 0 Å². The highest BCUT2D eigenvalue weighted by atomic mass is 19.2. The molecule has 2 nitrogen and oxygen atoms in total. The molecule has 0 unspecified atom stereocenters. The van der Waals surface area contributed by atoms with Crippen molar-refractivity contribution in [3.05, 3.63) is 34.9 Å². The Morgan fingerprint density at radius 3 is 1.93 bits per heavy atom. The zero-order valence-electron chi connectivity index (χ0n) is 7.74. The molecule has 0 aromatic heterocycles. The average Bonchev–Trinajstić information content (AvgIpc) is 2.16. The fourth-order valence-corrected chi connectivity index (χ4v) is 1.24. The van der Waals surface area contributed by atoms with Gasteiger partial charge in [0.2, 0.25) is 0 Å². The summed E-state index contributed by atoms with van der Waals surface area (Å²) in [4.78, 5) is 0. The number of halogens is 4. The molecule has 1 rings (SSSR count). The Hall–Kier alpha value is -1.14. The van der Waals surface area contributed by atoms with Gasteiger partial charge in [-0.25, -0.2) is 17.6 Å². The predicted octanol–water partition coefficient (Wildman–Crippen LogP) is 1.59. The maximum Gasteiger partial charge on any atom is 0.166 e. The summed E-state index contributed by atoms with van der Waals surface area (Å²) in [7, 11) is 0. The predicted molar refractivity (Wildman–Crippen MR) is 46.9 cm³/mol. The maximum absolute atomic E-state index is 13.1. The highest BCUT2D eigenvalue weighted by molar-refractivity contribution is 5.25. The standard InChI is InChI=1S/C9H10F4N2/c10-4-3-5(11)9(13)7(8(4)12)6(15)1-2-14/h3,6H,1-2,14-15H2/t6-/m0/s1. The first-order valence-electron chi connectivity index (χ1n) is 4.27. The molecule has 84 valence electrons. The smallest absolute Gasteiger partial charge is 0.166 e. The molecular weight excluding hydrogens is 212 g/mol. The van der Waals surface area contributed by atoms with Crippen LogP contribution in [0.5, 0.6) is 0 Å². The van der Waals surface area contributed by atoms with Gasteiger partial charge >= 0.3 is 0 Å². The third-order valence-electron chi connectivity index (χ3n) is 1.99. The molecule has 0 aliphatic rings. The maximum atomic E-state index is 13.1. The molecule has 6 heteroatoms. The second-order valence-corrected chi connectivity index (χ2v) is 3.07. The Balaban J connectivity index is 3.26. The lowest BCUT2D eigenvalue weighted by Crippen LogP contribution is -2.19. The average molecular weight is 222 g/mol. The van der Waals surface area contributed by atoms with E-state index in [4.69, 9.17) is 11.5 Å². The molecular formula is C9H10F4N2. The van der Waals surface area contributed by atoms with Crippen LogP contribution < -0.4 is 11.5 Å². The van der Waals surface area contributed by atoms with Crippen LogP contribution in [0.25, 0.3) is 0 Å². The first-order valence-corrected chi connectivity index (χ1v) is 4.27. The second kappa shape index (κ2) is 4.59. The van der Waals surface area contributed by atoms with Gasteiger partial charge < -0.3 is 11.5 Å². The van der Waals surface area contributed by atoms with E-state index in [-0.39, 0.29) is 19.0 Å². The normalized spacial score (nSPS) is 12.9. The van der Waals surface area contributed by atoms with Crippen LogP contribution >= 0.6 is 0 Å². The van der Waals surface area contributed by atoms with Crippen LogP contribution in [-0.4, -0.2) is 6.54 Å². The molecule has 1 atom stereocenters. The van der Waals surface area contributed by atoms with Gasteiger partial charge in [-0.15, -0.1) is 0 Å². The van der Waals surface area contributed by atoms with E-state index < -0.39 is 34.9 Å². The molecule has 1 aromatic carbocycles. The SMILES string of the molecule is NCC[C@H](N)c1c(F)c(F)cc(F)c1F. The van der Waals surface area contributed by atoms with Gasteiger partial charge in [-0.2, -0.15) is 0 Å². The van der Waals surface area contributed by atoms with Crippen molar-refractivity contribution in [3.8, 4) is 0 Å². The van der Waals surface area contributed by atoms with Gasteiger partial charge in [0, 0.05) is 17.7 Å². The number of rotatable bonds is 3. The van der Waals surface area contributed by atoms with Crippen molar-refractivity contribution in [2.75, 3.05) is 6.54 Å². The summed E-state index contributed by atoms with van der Waals surface area (Å²) in [5.74, 6) is -5.85. The Morgan fingerprint density at radius 1 is 1.07 bits per heavy atom. The van der Waals surface area contributed by atoms with Crippen LogP contribution in [0, 0.1) is 23.3 Å². The summed E-state index contributed by atoms with van der Waals surface area (Å²) in [6, 6.07) is -1.01. The Labute approximate surface area is 83.9 Å².